The fourth-order valence-corrected chi connectivity index (χ4v) is 1.37. The summed E-state index contributed by atoms with van der Waals surface area (Å²) in [4.78, 5) is 33.8. The summed E-state index contributed by atoms with van der Waals surface area (Å²) in [5.74, 6) is -1.60. The second-order valence-corrected chi connectivity index (χ2v) is 4.06. The van der Waals surface area contributed by atoms with Crippen molar-refractivity contribution in [1.82, 2.24) is 16.0 Å². The number of carbonyl (C=O) groups excluding carboxylic acids is 2. The first-order chi connectivity index (χ1) is 8.92. The Morgan fingerprint density at radius 3 is 2.47 bits per heavy atom. The van der Waals surface area contributed by atoms with Gasteiger partial charge in [-0.3, -0.25) is 20.2 Å². The smallest absolute Gasteiger partial charge is 0.321 e. The summed E-state index contributed by atoms with van der Waals surface area (Å²) in [6, 6.07) is -2.22. The molecule has 0 aliphatic heterocycles. The van der Waals surface area contributed by atoms with Gasteiger partial charge in [0.2, 0.25) is 5.91 Å². The minimum absolute atomic E-state index is 0.245. The summed E-state index contributed by atoms with van der Waals surface area (Å²) in [5, 5.41) is 16.1. The Morgan fingerprint density at radius 2 is 2.00 bits per heavy atom. The van der Waals surface area contributed by atoms with E-state index in [9.17, 15) is 14.4 Å². The van der Waals surface area contributed by atoms with Gasteiger partial charge in [-0.15, -0.1) is 6.58 Å². The molecule has 0 radical (unpaired) electrons. The summed E-state index contributed by atoms with van der Waals surface area (Å²) in [7, 11) is 0. The quantitative estimate of drug-likeness (QED) is 0.473. The minimum atomic E-state index is -1.02. The normalized spacial score (nSPS) is 13.2. The first-order valence-corrected chi connectivity index (χ1v) is 6.10. The second-order valence-electron chi connectivity index (χ2n) is 4.06. The Kier molecular flexibility index (Phi) is 8.19. The first-order valence-electron chi connectivity index (χ1n) is 6.10. The topological polar surface area (TPSA) is 108 Å². The van der Waals surface area contributed by atoms with E-state index in [1.807, 2.05) is 6.92 Å². The summed E-state index contributed by atoms with van der Waals surface area (Å²) in [6.07, 6.45) is 2.57. The van der Waals surface area contributed by atoms with Gasteiger partial charge >= 0.3 is 12.0 Å². The van der Waals surface area contributed by atoms with Crippen LogP contribution in [0.25, 0.3) is 0 Å². The van der Waals surface area contributed by atoms with E-state index >= 15 is 0 Å². The third-order valence-electron chi connectivity index (χ3n) is 2.36. The highest BCUT2D eigenvalue weighted by molar-refractivity contribution is 5.97. The van der Waals surface area contributed by atoms with E-state index < -0.39 is 30.0 Å². The predicted octanol–water partition coefficient (Wildman–Crippen LogP) is 0.230. The first kappa shape index (κ1) is 17.1. The van der Waals surface area contributed by atoms with Gasteiger partial charge in [0.25, 0.3) is 0 Å². The highest BCUT2D eigenvalue weighted by atomic mass is 16.4. The number of hydrogen-bond donors (Lipinski definition) is 4. The van der Waals surface area contributed by atoms with Crippen molar-refractivity contribution in [2.24, 2.45) is 0 Å². The average Bonchev–Trinajstić information content (AvgIpc) is 2.35. The van der Waals surface area contributed by atoms with Gasteiger partial charge in [-0.1, -0.05) is 19.4 Å². The van der Waals surface area contributed by atoms with E-state index in [4.69, 9.17) is 5.11 Å². The van der Waals surface area contributed by atoms with Crippen LogP contribution in [0, 0.1) is 0 Å². The van der Waals surface area contributed by atoms with Crippen LogP contribution < -0.4 is 16.0 Å². The van der Waals surface area contributed by atoms with Crippen LogP contribution in [0.2, 0.25) is 0 Å². The largest absolute Gasteiger partial charge is 0.480 e. The molecule has 0 aromatic heterocycles. The standard InChI is InChI=1S/C12H21N3O4/c1-4-6-9(11(17)18)14-8(3)10(16)15-12(19)13-7-5-2/h5,8-9,14H,2,4,6-7H2,1,3H3,(H,17,18)(H2,13,15,16,19). The number of carboxylic acid groups (broad SMARTS) is 1. The zero-order valence-electron chi connectivity index (χ0n) is 11.2. The molecule has 0 spiro atoms. The number of carboxylic acids is 1. The summed E-state index contributed by atoms with van der Waals surface area (Å²) < 4.78 is 0. The van der Waals surface area contributed by atoms with E-state index in [2.05, 4.69) is 22.5 Å². The fourth-order valence-electron chi connectivity index (χ4n) is 1.37. The Labute approximate surface area is 112 Å². The molecule has 7 nitrogen and oxygen atoms in total. The SMILES string of the molecule is C=CCNC(=O)NC(=O)C(C)NC(CCC)C(=O)O. The number of nitrogens with one attached hydrogen (secondary N) is 3. The Bertz CT molecular complexity index is 344. The van der Waals surface area contributed by atoms with Crippen molar-refractivity contribution in [2.75, 3.05) is 6.54 Å². The van der Waals surface area contributed by atoms with Crippen molar-refractivity contribution in [1.29, 1.82) is 0 Å². The highest BCUT2D eigenvalue weighted by Gasteiger charge is 2.23. The highest BCUT2D eigenvalue weighted by Crippen LogP contribution is 1.99. The van der Waals surface area contributed by atoms with Crippen LogP contribution in [0.3, 0.4) is 0 Å². The van der Waals surface area contributed by atoms with Gasteiger partial charge < -0.3 is 10.4 Å². The molecule has 19 heavy (non-hydrogen) atoms. The minimum Gasteiger partial charge on any atom is -0.480 e. The van der Waals surface area contributed by atoms with Gasteiger partial charge in [0, 0.05) is 6.54 Å². The molecular weight excluding hydrogens is 250 g/mol. The molecule has 0 saturated heterocycles. The Balaban J connectivity index is 4.27. The zero-order chi connectivity index (χ0) is 14.8. The van der Waals surface area contributed by atoms with E-state index in [1.165, 1.54) is 13.0 Å². The molecule has 0 saturated carbocycles. The van der Waals surface area contributed by atoms with Crippen molar-refractivity contribution in [3.05, 3.63) is 12.7 Å². The van der Waals surface area contributed by atoms with Gasteiger partial charge in [0.15, 0.2) is 0 Å². The summed E-state index contributed by atoms with van der Waals surface area (Å²) >= 11 is 0. The Morgan fingerprint density at radius 1 is 1.37 bits per heavy atom. The molecule has 0 fully saturated rings. The molecule has 0 aromatic carbocycles. The van der Waals surface area contributed by atoms with Crippen molar-refractivity contribution in [2.45, 2.75) is 38.8 Å². The third kappa shape index (κ3) is 7.20. The van der Waals surface area contributed by atoms with Gasteiger partial charge in [0.05, 0.1) is 6.04 Å². The van der Waals surface area contributed by atoms with Crippen molar-refractivity contribution < 1.29 is 19.5 Å². The average molecular weight is 271 g/mol. The molecule has 7 heteroatoms. The maximum absolute atomic E-state index is 11.6. The van der Waals surface area contributed by atoms with E-state index in [0.717, 1.165) is 0 Å². The van der Waals surface area contributed by atoms with Crippen molar-refractivity contribution in [3.63, 3.8) is 0 Å². The van der Waals surface area contributed by atoms with Gasteiger partial charge in [-0.2, -0.15) is 0 Å². The molecule has 0 rings (SSSR count). The molecule has 0 bridgehead atoms. The number of amides is 3. The molecule has 2 unspecified atom stereocenters. The summed E-state index contributed by atoms with van der Waals surface area (Å²) in [5.41, 5.74) is 0. The van der Waals surface area contributed by atoms with Crippen LogP contribution in [0.1, 0.15) is 26.7 Å². The van der Waals surface area contributed by atoms with Gasteiger partial charge in [-0.25, -0.2) is 4.79 Å². The lowest BCUT2D eigenvalue weighted by Gasteiger charge is -2.19. The number of hydrogen-bond acceptors (Lipinski definition) is 4. The fraction of sp³-hybridized carbons (Fsp3) is 0.583. The lowest BCUT2D eigenvalue weighted by molar-refractivity contribution is -0.140. The van der Waals surface area contributed by atoms with Crippen LogP contribution in [0.15, 0.2) is 12.7 Å². The monoisotopic (exact) mass is 271 g/mol. The third-order valence-corrected chi connectivity index (χ3v) is 2.36. The number of aliphatic carboxylic acids is 1. The summed E-state index contributed by atoms with van der Waals surface area (Å²) in [6.45, 7) is 7.02. The van der Waals surface area contributed by atoms with E-state index in [0.29, 0.717) is 12.8 Å². The lowest BCUT2D eigenvalue weighted by Crippen LogP contribution is -2.52. The number of urea groups is 1. The zero-order valence-corrected chi connectivity index (χ0v) is 11.2. The maximum atomic E-state index is 11.6. The molecule has 4 N–H and O–H groups in total. The molecule has 0 aliphatic rings. The molecule has 0 aromatic rings. The van der Waals surface area contributed by atoms with Crippen molar-refractivity contribution >= 4 is 17.9 Å². The second kappa shape index (κ2) is 9.09. The van der Waals surface area contributed by atoms with Crippen LogP contribution >= 0.6 is 0 Å². The van der Waals surface area contributed by atoms with E-state index in [1.54, 1.807) is 0 Å². The molecule has 0 heterocycles. The molecule has 2 atom stereocenters. The molecule has 3 amide bonds. The molecular formula is C12H21N3O4. The number of imide groups is 1. The molecule has 0 aliphatic carbocycles. The predicted molar refractivity (Wildman–Crippen MR) is 70.7 cm³/mol. The maximum Gasteiger partial charge on any atom is 0.321 e. The lowest BCUT2D eigenvalue weighted by atomic mass is 10.1. The van der Waals surface area contributed by atoms with Crippen LogP contribution in [0.4, 0.5) is 4.79 Å². The van der Waals surface area contributed by atoms with Crippen LogP contribution in [-0.2, 0) is 9.59 Å². The van der Waals surface area contributed by atoms with Crippen molar-refractivity contribution in [3.8, 4) is 0 Å². The number of carbonyl (C=O) groups is 3. The van der Waals surface area contributed by atoms with Crippen LogP contribution in [0.5, 0.6) is 0 Å². The Hall–Kier alpha value is -1.89. The van der Waals surface area contributed by atoms with Gasteiger partial charge in [-0.05, 0) is 13.3 Å². The van der Waals surface area contributed by atoms with Crippen LogP contribution in [-0.4, -0.2) is 41.6 Å². The van der Waals surface area contributed by atoms with E-state index in [-0.39, 0.29) is 6.54 Å². The molecule has 108 valence electrons. The van der Waals surface area contributed by atoms with Gasteiger partial charge in [0.1, 0.15) is 6.04 Å². The number of rotatable bonds is 8.